The van der Waals surface area contributed by atoms with E-state index in [4.69, 9.17) is 0 Å². The number of carbonyl (C=O) groups is 2. The summed E-state index contributed by atoms with van der Waals surface area (Å²) in [5.74, 6) is -0.735. The number of imide groups is 1. The van der Waals surface area contributed by atoms with Crippen LogP contribution in [-0.4, -0.2) is 22.9 Å². The molecule has 0 spiro atoms. The molecule has 0 aromatic heterocycles. The van der Waals surface area contributed by atoms with Crippen LogP contribution in [0.1, 0.15) is 19.4 Å². The molecule has 0 bridgehead atoms. The Balaban J connectivity index is 2.19. The first-order chi connectivity index (χ1) is 8.90. The first-order valence-electron chi connectivity index (χ1n) is 5.96. The summed E-state index contributed by atoms with van der Waals surface area (Å²) in [5.41, 5.74) is 0.316. The number of rotatable bonds is 3. The maximum atomic E-state index is 13.7. The van der Waals surface area contributed by atoms with E-state index in [0.717, 1.165) is 4.90 Å². The zero-order chi connectivity index (χ0) is 14.2. The monoisotopic (exact) mass is 328 g/mol. The minimum Gasteiger partial charge on any atom is -0.326 e. The van der Waals surface area contributed by atoms with Crippen LogP contribution in [0.25, 0.3) is 0 Å². The standard InChI is InChI=1S/C13H14BrFN2O2/c1-7(2)11-12(18)17(13(19)16-11)6-8-3-4-9(14)5-10(8)15/h3-5,7,11H,6H2,1-2H3,(H,16,19). The lowest BCUT2D eigenvalue weighted by atomic mass is 10.0. The Kier molecular flexibility index (Phi) is 3.89. The predicted octanol–water partition coefficient (Wildman–Crippen LogP) is 2.66. The summed E-state index contributed by atoms with van der Waals surface area (Å²) in [7, 11) is 0. The molecule has 1 N–H and O–H groups in total. The summed E-state index contributed by atoms with van der Waals surface area (Å²) in [5, 5.41) is 2.61. The Morgan fingerprint density at radius 2 is 2.11 bits per heavy atom. The van der Waals surface area contributed by atoms with Crippen molar-refractivity contribution in [1.29, 1.82) is 0 Å². The number of nitrogens with zero attached hydrogens (tertiary/aromatic N) is 1. The van der Waals surface area contributed by atoms with Crippen molar-refractivity contribution in [3.8, 4) is 0 Å². The molecule has 1 heterocycles. The van der Waals surface area contributed by atoms with Gasteiger partial charge in [-0.3, -0.25) is 9.69 Å². The molecule has 1 unspecified atom stereocenters. The number of urea groups is 1. The molecule has 0 saturated carbocycles. The van der Waals surface area contributed by atoms with Crippen LogP contribution in [0.4, 0.5) is 9.18 Å². The molecule has 1 atom stereocenters. The molecule has 6 heteroatoms. The molecule has 0 radical (unpaired) electrons. The van der Waals surface area contributed by atoms with E-state index in [0.29, 0.717) is 10.0 Å². The third kappa shape index (κ3) is 2.78. The molecule has 1 saturated heterocycles. The van der Waals surface area contributed by atoms with Crippen LogP contribution in [0.5, 0.6) is 0 Å². The fourth-order valence-electron chi connectivity index (χ4n) is 1.96. The van der Waals surface area contributed by atoms with Crippen LogP contribution < -0.4 is 5.32 Å². The summed E-state index contributed by atoms with van der Waals surface area (Å²) in [6.45, 7) is 3.66. The molecule has 1 aliphatic heterocycles. The third-order valence-electron chi connectivity index (χ3n) is 3.07. The van der Waals surface area contributed by atoms with Crippen molar-refractivity contribution in [3.63, 3.8) is 0 Å². The summed E-state index contributed by atoms with van der Waals surface area (Å²) >= 11 is 3.16. The second kappa shape index (κ2) is 5.28. The third-order valence-corrected chi connectivity index (χ3v) is 3.56. The van der Waals surface area contributed by atoms with Crippen LogP contribution in [0.3, 0.4) is 0 Å². The molecular weight excluding hydrogens is 315 g/mol. The lowest BCUT2D eigenvalue weighted by molar-refractivity contribution is -0.128. The molecule has 1 aliphatic rings. The lowest BCUT2D eigenvalue weighted by Gasteiger charge is -2.15. The second-order valence-electron chi connectivity index (χ2n) is 4.83. The van der Waals surface area contributed by atoms with Crippen molar-refractivity contribution in [3.05, 3.63) is 34.1 Å². The van der Waals surface area contributed by atoms with Crippen molar-refractivity contribution in [2.24, 2.45) is 5.92 Å². The predicted molar refractivity (Wildman–Crippen MR) is 71.8 cm³/mol. The van der Waals surface area contributed by atoms with E-state index in [2.05, 4.69) is 21.2 Å². The number of halogens is 2. The highest BCUT2D eigenvalue weighted by molar-refractivity contribution is 9.10. The number of hydrogen-bond donors (Lipinski definition) is 1. The number of hydrogen-bond acceptors (Lipinski definition) is 2. The van der Waals surface area contributed by atoms with E-state index in [9.17, 15) is 14.0 Å². The maximum Gasteiger partial charge on any atom is 0.325 e. The van der Waals surface area contributed by atoms with Crippen molar-refractivity contribution in [1.82, 2.24) is 10.2 Å². The van der Waals surface area contributed by atoms with E-state index < -0.39 is 17.9 Å². The Bertz CT molecular complexity index is 533. The van der Waals surface area contributed by atoms with Gasteiger partial charge in [0.05, 0.1) is 6.54 Å². The molecule has 1 fully saturated rings. The van der Waals surface area contributed by atoms with E-state index in [1.54, 1.807) is 12.1 Å². The molecular formula is C13H14BrFN2O2. The zero-order valence-corrected chi connectivity index (χ0v) is 12.2. The molecule has 3 amide bonds. The van der Waals surface area contributed by atoms with Gasteiger partial charge in [0.15, 0.2) is 0 Å². The molecule has 2 rings (SSSR count). The van der Waals surface area contributed by atoms with Crippen LogP contribution in [0, 0.1) is 11.7 Å². The highest BCUT2D eigenvalue weighted by Crippen LogP contribution is 2.20. The molecule has 19 heavy (non-hydrogen) atoms. The topological polar surface area (TPSA) is 49.4 Å². The summed E-state index contributed by atoms with van der Waals surface area (Å²) < 4.78 is 14.3. The number of benzene rings is 1. The fourth-order valence-corrected chi connectivity index (χ4v) is 2.30. The average Bonchev–Trinajstić information content (AvgIpc) is 2.60. The Labute approximate surface area is 119 Å². The van der Waals surface area contributed by atoms with Gasteiger partial charge < -0.3 is 5.32 Å². The van der Waals surface area contributed by atoms with Gasteiger partial charge in [-0.1, -0.05) is 35.8 Å². The highest BCUT2D eigenvalue weighted by Gasteiger charge is 2.39. The second-order valence-corrected chi connectivity index (χ2v) is 5.75. The van der Waals surface area contributed by atoms with Gasteiger partial charge in [0.1, 0.15) is 11.9 Å². The first kappa shape index (κ1) is 14.0. The average molecular weight is 329 g/mol. The van der Waals surface area contributed by atoms with Crippen LogP contribution in [0.2, 0.25) is 0 Å². The number of carbonyl (C=O) groups excluding carboxylic acids is 2. The lowest BCUT2D eigenvalue weighted by Crippen LogP contribution is -2.34. The fraction of sp³-hybridized carbons (Fsp3) is 0.385. The Morgan fingerprint density at radius 1 is 1.42 bits per heavy atom. The minimum atomic E-state index is -0.522. The van der Waals surface area contributed by atoms with Crippen LogP contribution in [-0.2, 0) is 11.3 Å². The first-order valence-corrected chi connectivity index (χ1v) is 6.75. The van der Waals surface area contributed by atoms with Crippen LogP contribution >= 0.6 is 15.9 Å². The highest BCUT2D eigenvalue weighted by atomic mass is 79.9. The van der Waals surface area contributed by atoms with Gasteiger partial charge in [-0.15, -0.1) is 0 Å². The summed E-state index contributed by atoms with van der Waals surface area (Å²) in [6.07, 6.45) is 0. The molecule has 4 nitrogen and oxygen atoms in total. The van der Waals surface area contributed by atoms with Crippen molar-refractivity contribution in [2.45, 2.75) is 26.4 Å². The number of amides is 3. The number of nitrogens with one attached hydrogen (secondary N) is 1. The molecule has 1 aromatic carbocycles. The molecule has 102 valence electrons. The van der Waals surface area contributed by atoms with Gasteiger partial charge in [0, 0.05) is 10.0 Å². The van der Waals surface area contributed by atoms with Crippen molar-refractivity contribution in [2.75, 3.05) is 0 Å². The van der Waals surface area contributed by atoms with Crippen molar-refractivity contribution >= 4 is 27.9 Å². The van der Waals surface area contributed by atoms with Crippen LogP contribution in [0.15, 0.2) is 22.7 Å². The smallest absolute Gasteiger partial charge is 0.325 e. The Hall–Kier alpha value is -1.43. The Morgan fingerprint density at radius 3 is 2.63 bits per heavy atom. The largest absolute Gasteiger partial charge is 0.326 e. The van der Waals surface area contributed by atoms with Gasteiger partial charge in [0.2, 0.25) is 0 Å². The van der Waals surface area contributed by atoms with E-state index in [-0.39, 0.29) is 18.4 Å². The van der Waals surface area contributed by atoms with Gasteiger partial charge in [-0.25, -0.2) is 9.18 Å². The van der Waals surface area contributed by atoms with Gasteiger partial charge in [-0.05, 0) is 18.1 Å². The van der Waals surface area contributed by atoms with Crippen molar-refractivity contribution < 1.29 is 14.0 Å². The molecule has 1 aromatic rings. The van der Waals surface area contributed by atoms with E-state index in [1.165, 1.54) is 6.07 Å². The van der Waals surface area contributed by atoms with E-state index >= 15 is 0 Å². The summed E-state index contributed by atoms with van der Waals surface area (Å²) in [6, 6.07) is 3.56. The SMILES string of the molecule is CC(C)C1NC(=O)N(Cc2ccc(Br)cc2F)C1=O. The van der Waals surface area contributed by atoms with Gasteiger partial charge in [-0.2, -0.15) is 0 Å². The quantitative estimate of drug-likeness (QED) is 0.867. The maximum absolute atomic E-state index is 13.7. The summed E-state index contributed by atoms with van der Waals surface area (Å²) in [4.78, 5) is 24.8. The van der Waals surface area contributed by atoms with E-state index in [1.807, 2.05) is 13.8 Å². The molecule has 0 aliphatic carbocycles. The normalized spacial score (nSPS) is 19.2. The zero-order valence-electron chi connectivity index (χ0n) is 10.6. The van der Waals surface area contributed by atoms with Gasteiger partial charge in [0.25, 0.3) is 5.91 Å². The minimum absolute atomic E-state index is 0.0104. The van der Waals surface area contributed by atoms with Gasteiger partial charge >= 0.3 is 6.03 Å².